The molecule has 5 heteroatoms. The molecular weight excluding hydrogens is 226 g/mol. The first-order valence-corrected chi connectivity index (χ1v) is 6.27. The van der Waals surface area contributed by atoms with E-state index in [0.717, 1.165) is 31.0 Å². The molecule has 1 aliphatic rings. The lowest BCUT2D eigenvalue weighted by Gasteiger charge is -2.18. The van der Waals surface area contributed by atoms with Gasteiger partial charge in [-0.1, -0.05) is 0 Å². The number of hydrogen-bond donors (Lipinski definition) is 0. The molecule has 3 heterocycles. The number of hydrogen-bond acceptors (Lipinski definition) is 4. The maximum atomic E-state index is 4.43. The molecule has 2 aromatic rings. The second-order valence-electron chi connectivity index (χ2n) is 4.85. The van der Waals surface area contributed by atoms with E-state index in [1.165, 1.54) is 5.56 Å². The standard InChI is InChI=1S/C13H17N5/c1-10-7-16-18(8-10)12-3-6-17(9-12)13-11(2)14-4-5-15-13/h4-5,7-8,12H,3,6,9H2,1-2H3. The van der Waals surface area contributed by atoms with Crippen LogP contribution in [0.2, 0.25) is 0 Å². The molecule has 1 saturated heterocycles. The minimum absolute atomic E-state index is 0.445. The van der Waals surface area contributed by atoms with Crippen LogP contribution in [0.25, 0.3) is 0 Å². The van der Waals surface area contributed by atoms with Crippen molar-refractivity contribution in [2.45, 2.75) is 26.3 Å². The van der Waals surface area contributed by atoms with Crippen molar-refractivity contribution >= 4 is 5.82 Å². The number of aromatic nitrogens is 4. The minimum Gasteiger partial charge on any atom is -0.353 e. The summed E-state index contributed by atoms with van der Waals surface area (Å²) >= 11 is 0. The lowest BCUT2D eigenvalue weighted by atomic mass is 10.3. The summed E-state index contributed by atoms with van der Waals surface area (Å²) in [6, 6.07) is 0.445. The Kier molecular flexibility index (Phi) is 2.74. The molecule has 18 heavy (non-hydrogen) atoms. The van der Waals surface area contributed by atoms with Gasteiger partial charge in [-0.2, -0.15) is 5.10 Å². The van der Waals surface area contributed by atoms with Crippen molar-refractivity contribution in [3.63, 3.8) is 0 Å². The Hall–Kier alpha value is -1.91. The zero-order valence-corrected chi connectivity index (χ0v) is 10.7. The second-order valence-corrected chi connectivity index (χ2v) is 4.85. The third-order valence-electron chi connectivity index (χ3n) is 3.42. The average molecular weight is 243 g/mol. The molecule has 94 valence electrons. The van der Waals surface area contributed by atoms with Crippen molar-refractivity contribution in [3.05, 3.63) is 36.0 Å². The molecule has 0 saturated carbocycles. The van der Waals surface area contributed by atoms with E-state index >= 15 is 0 Å². The first kappa shape index (κ1) is 11.2. The molecule has 5 nitrogen and oxygen atoms in total. The van der Waals surface area contributed by atoms with E-state index in [4.69, 9.17) is 0 Å². The average Bonchev–Trinajstić information content (AvgIpc) is 2.98. The van der Waals surface area contributed by atoms with Gasteiger partial charge < -0.3 is 4.90 Å². The third-order valence-corrected chi connectivity index (χ3v) is 3.42. The molecule has 0 N–H and O–H groups in total. The van der Waals surface area contributed by atoms with Gasteiger partial charge in [0, 0.05) is 31.7 Å². The van der Waals surface area contributed by atoms with Crippen molar-refractivity contribution in [3.8, 4) is 0 Å². The molecule has 1 fully saturated rings. The fourth-order valence-corrected chi connectivity index (χ4v) is 2.49. The van der Waals surface area contributed by atoms with Gasteiger partial charge in [0.25, 0.3) is 0 Å². The van der Waals surface area contributed by atoms with Crippen LogP contribution in [0.3, 0.4) is 0 Å². The van der Waals surface area contributed by atoms with E-state index in [1.54, 1.807) is 12.4 Å². The summed E-state index contributed by atoms with van der Waals surface area (Å²) < 4.78 is 2.07. The van der Waals surface area contributed by atoms with Crippen molar-refractivity contribution in [1.82, 2.24) is 19.7 Å². The molecule has 0 amide bonds. The predicted molar refractivity (Wildman–Crippen MR) is 69.6 cm³/mol. The van der Waals surface area contributed by atoms with E-state index in [-0.39, 0.29) is 0 Å². The van der Waals surface area contributed by atoms with Gasteiger partial charge in [-0.25, -0.2) is 4.98 Å². The summed E-state index contributed by atoms with van der Waals surface area (Å²) in [5.41, 5.74) is 2.21. The first-order chi connectivity index (χ1) is 8.74. The van der Waals surface area contributed by atoms with E-state index in [9.17, 15) is 0 Å². The van der Waals surface area contributed by atoms with Crippen molar-refractivity contribution < 1.29 is 0 Å². The molecular formula is C13H17N5. The van der Waals surface area contributed by atoms with Crippen LogP contribution in [0.4, 0.5) is 5.82 Å². The van der Waals surface area contributed by atoms with Gasteiger partial charge in [-0.3, -0.25) is 9.67 Å². The van der Waals surface area contributed by atoms with Gasteiger partial charge in [0.05, 0.1) is 17.9 Å². The largest absolute Gasteiger partial charge is 0.353 e. The maximum absolute atomic E-state index is 4.43. The molecule has 1 atom stereocenters. The van der Waals surface area contributed by atoms with Crippen LogP contribution in [-0.4, -0.2) is 32.8 Å². The third kappa shape index (κ3) is 1.96. The van der Waals surface area contributed by atoms with Crippen molar-refractivity contribution in [1.29, 1.82) is 0 Å². The van der Waals surface area contributed by atoms with E-state index < -0.39 is 0 Å². The number of nitrogens with zero attached hydrogens (tertiary/aromatic N) is 5. The summed E-state index contributed by atoms with van der Waals surface area (Å²) in [6.07, 6.45) is 8.63. The van der Waals surface area contributed by atoms with Crippen LogP contribution in [0.1, 0.15) is 23.7 Å². The van der Waals surface area contributed by atoms with Crippen LogP contribution in [-0.2, 0) is 0 Å². The van der Waals surface area contributed by atoms with E-state index in [2.05, 4.69) is 37.8 Å². The fourth-order valence-electron chi connectivity index (χ4n) is 2.49. The minimum atomic E-state index is 0.445. The van der Waals surface area contributed by atoms with Gasteiger partial charge in [0.2, 0.25) is 0 Å². The summed E-state index contributed by atoms with van der Waals surface area (Å²) in [7, 11) is 0. The molecule has 0 radical (unpaired) electrons. The molecule has 1 unspecified atom stereocenters. The Labute approximate surface area is 106 Å². The van der Waals surface area contributed by atoms with Gasteiger partial charge in [0.1, 0.15) is 5.82 Å². The normalized spacial score (nSPS) is 19.4. The Morgan fingerprint density at radius 1 is 1.22 bits per heavy atom. The van der Waals surface area contributed by atoms with Crippen LogP contribution >= 0.6 is 0 Å². The second kappa shape index (κ2) is 4.40. The first-order valence-electron chi connectivity index (χ1n) is 6.27. The topological polar surface area (TPSA) is 46.8 Å². The van der Waals surface area contributed by atoms with Gasteiger partial charge >= 0.3 is 0 Å². The molecule has 1 aliphatic heterocycles. The van der Waals surface area contributed by atoms with Crippen LogP contribution in [0.5, 0.6) is 0 Å². The lowest BCUT2D eigenvalue weighted by Crippen LogP contribution is -2.23. The molecule has 0 aromatic carbocycles. The number of rotatable bonds is 2. The van der Waals surface area contributed by atoms with Crippen molar-refractivity contribution in [2.24, 2.45) is 0 Å². The summed E-state index contributed by atoms with van der Waals surface area (Å²) in [6.45, 7) is 6.06. The Morgan fingerprint density at radius 3 is 2.78 bits per heavy atom. The highest BCUT2D eigenvalue weighted by molar-refractivity contribution is 5.43. The summed E-state index contributed by atoms with van der Waals surface area (Å²) in [5, 5.41) is 4.40. The van der Waals surface area contributed by atoms with Crippen molar-refractivity contribution in [2.75, 3.05) is 18.0 Å². The van der Waals surface area contributed by atoms with Gasteiger partial charge in [-0.15, -0.1) is 0 Å². The smallest absolute Gasteiger partial charge is 0.150 e. The Bertz CT molecular complexity index is 548. The molecule has 0 bridgehead atoms. The highest BCUT2D eigenvalue weighted by Gasteiger charge is 2.26. The molecule has 0 spiro atoms. The number of aryl methyl sites for hydroxylation is 2. The Morgan fingerprint density at radius 2 is 2.06 bits per heavy atom. The van der Waals surface area contributed by atoms with Crippen LogP contribution in [0, 0.1) is 13.8 Å². The number of anilines is 1. The summed E-state index contributed by atoms with van der Waals surface area (Å²) in [5.74, 6) is 1.00. The highest BCUT2D eigenvalue weighted by atomic mass is 15.3. The van der Waals surface area contributed by atoms with E-state index in [0.29, 0.717) is 6.04 Å². The molecule has 2 aromatic heterocycles. The fraction of sp³-hybridized carbons (Fsp3) is 0.462. The highest BCUT2D eigenvalue weighted by Crippen LogP contribution is 2.26. The quantitative estimate of drug-likeness (QED) is 0.806. The molecule has 0 aliphatic carbocycles. The monoisotopic (exact) mass is 243 g/mol. The van der Waals surface area contributed by atoms with E-state index in [1.807, 2.05) is 13.1 Å². The van der Waals surface area contributed by atoms with Crippen LogP contribution in [0.15, 0.2) is 24.8 Å². The Balaban J connectivity index is 1.78. The lowest BCUT2D eigenvalue weighted by molar-refractivity contribution is 0.494. The van der Waals surface area contributed by atoms with Crippen LogP contribution < -0.4 is 4.90 Å². The van der Waals surface area contributed by atoms with Gasteiger partial charge in [0.15, 0.2) is 0 Å². The zero-order chi connectivity index (χ0) is 12.5. The SMILES string of the molecule is Cc1cnn(C2CCN(c3nccnc3C)C2)c1. The molecule has 3 rings (SSSR count). The maximum Gasteiger partial charge on any atom is 0.150 e. The zero-order valence-electron chi connectivity index (χ0n) is 10.7. The predicted octanol–water partition coefficient (Wildman–Crippen LogP) is 1.74. The summed E-state index contributed by atoms with van der Waals surface area (Å²) in [4.78, 5) is 11.0. The van der Waals surface area contributed by atoms with Gasteiger partial charge in [-0.05, 0) is 25.8 Å².